The molecule has 1 saturated heterocycles. The lowest BCUT2D eigenvalue weighted by Crippen LogP contribution is -2.49. The number of hydrogen-bond acceptors (Lipinski definition) is 4. The predicted octanol–water partition coefficient (Wildman–Crippen LogP) is 2.44. The minimum absolute atomic E-state index is 0. The number of halogens is 3. The second kappa shape index (κ2) is 10.9. The fraction of sp³-hybridized carbons (Fsp3) is 0.316. The summed E-state index contributed by atoms with van der Waals surface area (Å²) in [5, 5.41) is 2.50. The van der Waals surface area contributed by atoms with E-state index in [1.165, 1.54) is 0 Å². The molecule has 29 heavy (non-hydrogen) atoms. The van der Waals surface area contributed by atoms with E-state index in [9.17, 15) is 13.6 Å². The molecule has 0 aliphatic carbocycles. The summed E-state index contributed by atoms with van der Waals surface area (Å²) in [6, 6.07) is 8.76. The zero-order valence-electron chi connectivity index (χ0n) is 15.7. The molecule has 0 spiro atoms. The number of carbonyl (C=O) groups is 1. The van der Waals surface area contributed by atoms with Gasteiger partial charge in [-0.25, -0.2) is 13.8 Å². The Hall–Kier alpha value is -2.50. The van der Waals surface area contributed by atoms with Gasteiger partial charge in [-0.1, -0.05) is 6.07 Å². The second-order valence-corrected chi connectivity index (χ2v) is 6.32. The SMILES string of the molecule is I.NC(=NCCC(=O)N1CCN(c2ccccn2)CC1)Nc1cc(F)ccc1F. The van der Waals surface area contributed by atoms with E-state index in [0.717, 1.165) is 24.0 Å². The molecule has 1 aromatic heterocycles. The van der Waals surface area contributed by atoms with Gasteiger partial charge >= 0.3 is 0 Å². The van der Waals surface area contributed by atoms with Crippen LogP contribution in [-0.4, -0.2) is 54.5 Å². The molecule has 1 amide bonds. The van der Waals surface area contributed by atoms with Gasteiger partial charge in [-0.15, -0.1) is 24.0 Å². The number of piperazine rings is 1. The highest BCUT2D eigenvalue weighted by Crippen LogP contribution is 2.15. The number of nitrogens with two attached hydrogens (primary N) is 1. The average Bonchev–Trinajstić information content (AvgIpc) is 2.71. The Morgan fingerprint density at radius 3 is 2.62 bits per heavy atom. The summed E-state index contributed by atoms with van der Waals surface area (Å²) in [5.74, 6) is -0.410. The highest BCUT2D eigenvalue weighted by molar-refractivity contribution is 14.0. The van der Waals surface area contributed by atoms with E-state index >= 15 is 0 Å². The van der Waals surface area contributed by atoms with Crippen molar-refractivity contribution in [2.45, 2.75) is 6.42 Å². The van der Waals surface area contributed by atoms with Gasteiger partial charge in [0.05, 0.1) is 12.2 Å². The molecule has 156 valence electrons. The second-order valence-electron chi connectivity index (χ2n) is 6.32. The quantitative estimate of drug-likeness (QED) is 0.363. The first-order chi connectivity index (χ1) is 13.5. The predicted molar refractivity (Wildman–Crippen MR) is 120 cm³/mol. The Kier molecular flexibility index (Phi) is 8.55. The number of carbonyl (C=O) groups excluding carboxylic acids is 1. The molecular formula is C19H23F2IN6O. The average molecular weight is 516 g/mol. The number of anilines is 2. The molecule has 2 aromatic rings. The van der Waals surface area contributed by atoms with E-state index in [0.29, 0.717) is 26.2 Å². The van der Waals surface area contributed by atoms with Gasteiger partial charge in [0.1, 0.15) is 17.5 Å². The zero-order chi connectivity index (χ0) is 19.9. The van der Waals surface area contributed by atoms with Gasteiger partial charge in [-0.2, -0.15) is 0 Å². The van der Waals surface area contributed by atoms with Crippen molar-refractivity contribution in [1.29, 1.82) is 0 Å². The number of nitrogens with one attached hydrogen (secondary N) is 1. The van der Waals surface area contributed by atoms with Crippen molar-refractivity contribution in [2.75, 3.05) is 42.9 Å². The highest BCUT2D eigenvalue weighted by atomic mass is 127. The molecule has 2 heterocycles. The summed E-state index contributed by atoms with van der Waals surface area (Å²) in [7, 11) is 0. The number of guanidine groups is 1. The maximum atomic E-state index is 13.6. The van der Waals surface area contributed by atoms with E-state index in [4.69, 9.17) is 5.73 Å². The van der Waals surface area contributed by atoms with Crippen LogP contribution in [0, 0.1) is 11.6 Å². The van der Waals surface area contributed by atoms with E-state index in [-0.39, 0.29) is 54.5 Å². The molecule has 0 radical (unpaired) electrons. The van der Waals surface area contributed by atoms with Crippen LogP contribution in [0.5, 0.6) is 0 Å². The van der Waals surface area contributed by atoms with E-state index in [1.807, 2.05) is 18.2 Å². The van der Waals surface area contributed by atoms with Crippen LogP contribution < -0.4 is 16.0 Å². The first kappa shape index (κ1) is 22.8. The van der Waals surface area contributed by atoms with Crippen molar-refractivity contribution < 1.29 is 13.6 Å². The molecule has 0 bridgehead atoms. The first-order valence-electron chi connectivity index (χ1n) is 8.98. The summed E-state index contributed by atoms with van der Waals surface area (Å²) >= 11 is 0. The molecule has 1 fully saturated rings. The monoisotopic (exact) mass is 516 g/mol. The van der Waals surface area contributed by atoms with Gasteiger partial charge in [0.15, 0.2) is 5.96 Å². The first-order valence-corrected chi connectivity index (χ1v) is 8.98. The topological polar surface area (TPSA) is 86.8 Å². The number of amides is 1. The molecule has 0 unspecified atom stereocenters. The number of rotatable bonds is 5. The molecule has 0 saturated carbocycles. The minimum Gasteiger partial charge on any atom is -0.370 e. The Bertz CT molecular complexity index is 844. The van der Waals surface area contributed by atoms with Gasteiger partial charge in [0, 0.05) is 44.9 Å². The van der Waals surface area contributed by atoms with Crippen molar-refractivity contribution in [3.8, 4) is 0 Å². The number of aliphatic imine (C=N–C) groups is 1. The van der Waals surface area contributed by atoms with Crippen LogP contribution >= 0.6 is 24.0 Å². The molecule has 3 rings (SSSR count). The molecule has 3 N–H and O–H groups in total. The Balaban J connectivity index is 0.00000300. The number of nitrogens with zero attached hydrogens (tertiary/aromatic N) is 4. The largest absolute Gasteiger partial charge is 0.370 e. The third kappa shape index (κ3) is 6.51. The number of aromatic nitrogens is 1. The van der Waals surface area contributed by atoms with Crippen LogP contribution in [0.15, 0.2) is 47.6 Å². The standard InChI is InChI=1S/C19H22F2N6O.HI/c20-14-4-5-15(21)16(13-14)25-19(22)24-8-6-18(28)27-11-9-26(10-12-27)17-3-1-2-7-23-17;/h1-5,7,13H,6,8-12H2,(H3,22,24,25);1H. The Morgan fingerprint density at radius 2 is 1.93 bits per heavy atom. The molecule has 7 nitrogen and oxygen atoms in total. The lowest BCUT2D eigenvalue weighted by Gasteiger charge is -2.35. The lowest BCUT2D eigenvalue weighted by molar-refractivity contribution is -0.131. The molecule has 1 aliphatic rings. The number of pyridine rings is 1. The fourth-order valence-electron chi connectivity index (χ4n) is 2.93. The van der Waals surface area contributed by atoms with Gasteiger partial charge < -0.3 is 20.9 Å². The summed E-state index contributed by atoms with van der Waals surface area (Å²) in [6.45, 7) is 2.82. The lowest BCUT2D eigenvalue weighted by atomic mass is 10.2. The maximum absolute atomic E-state index is 13.6. The van der Waals surface area contributed by atoms with Crippen LogP contribution in [0.2, 0.25) is 0 Å². The van der Waals surface area contributed by atoms with Crippen molar-refractivity contribution in [3.63, 3.8) is 0 Å². The van der Waals surface area contributed by atoms with Gasteiger partial charge in [0.25, 0.3) is 0 Å². The van der Waals surface area contributed by atoms with Crippen molar-refractivity contribution in [2.24, 2.45) is 10.7 Å². The minimum atomic E-state index is -0.638. The third-order valence-corrected chi connectivity index (χ3v) is 4.40. The fourth-order valence-corrected chi connectivity index (χ4v) is 2.93. The van der Waals surface area contributed by atoms with Gasteiger partial charge in [-0.05, 0) is 24.3 Å². The van der Waals surface area contributed by atoms with Crippen molar-refractivity contribution in [1.82, 2.24) is 9.88 Å². The summed E-state index contributed by atoms with van der Waals surface area (Å²) < 4.78 is 26.7. The molecular weight excluding hydrogens is 493 g/mol. The van der Waals surface area contributed by atoms with Crippen LogP contribution in [0.3, 0.4) is 0 Å². The molecule has 1 aliphatic heterocycles. The normalized spacial score (nSPS) is 14.3. The molecule has 1 aromatic carbocycles. The van der Waals surface area contributed by atoms with Crippen molar-refractivity contribution >= 4 is 47.3 Å². The van der Waals surface area contributed by atoms with Crippen LogP contribution in [0.4, 0.5) is 20.3 Å². The maximum Gasteiger partial charge on any atom is 0.224 e. The Labute approximate surface area is 185 Å². The van der Waals surface area contributed by atoms with E-state index < -0.39 is 11.6 Å². The van der Waals surface area contributed by atoms with E-state index in [2.05, 4.69) is 20.2 Å². The van der Waals surface area contributed by atoms with Gasteiger partial charge in [0.2, 0.25) is 5.91 Å². The van der Waals surface area contributed by atoms with Crippen LogP contribution in [-0.2, 0) is 4.79 Å². The van der Waals surface area contributed by atoms with Crippen LogP contribution in [0.1, 0.15) is 6.42 Å². The van der Waals surface area contributed by atoms with Crippen molar-refractivity contribution in [3.05, 3.63) is 54.2 Å². The molecule has 10 heteroatoms. The number of hydrogen-bond donors (Lipinski definition) is 2. The molecule has 0 atom stereocenters. The third-order valence-electron chi connectivity index (χ3n) is 4.40. The number of benzene rings is 1. The smallest absolute Gasteiger partial charge is 0.224 e. The van der Waals surface area contributed by atoms with E-state index in [1.54, 1.807) is 11.1 Å². The zero-order valence-corrected chi connectivity index (χ0v) is 18.1. The summed E-state index contributed by atoms with van der Waals surface area (Å²) in [6.07, 6.45) is 1.94. The Morgan fingerprint density at radius 1 is 1.17 bits per heavy atom. The summed E-state index contributed by atoms with van der Waals surface area (Å²) in [5.41, 5.74) is 5.58. The van der Waals surface area contributed by atoms with Gasteiger partial charge in [-0.3, -0.25) is 9.79 Å². The summed E-state index contributed by atoms with van der Waals surface area (Å²) in [4.78, 5) is 24.6. The highest BCUT2D eigenvalue weighted by Gasteiger charge is 2.21. The van der Waals surface area contributed by atoms with Crippen LogP contribution in [0.25, 0.3) is 0 Å².